The fraction of sp³-hybridized carbons (Fsp3) is 0.250. The summed E-state index contributed by atoms with van der Waals surface area (Å²) < 4.78 is 15.9. The topological polar surface area (TPSA) is 73.9 Å². The summed E-state index contributed by atoms with van der Waals surface area (Å²) in [5.74, 6) is 1.35. The highest BCUT2D eigenvalue weighted by Gasteiger charge is 2.27. The Balaban J connectivity index is 1.49. The predicted molar refractivity (Wildman–Crippen MR) is 120 cm³/mol. The molecule has 3 aromatic rings. The van der Waals surface area contributed by atoms with E-state index >= 15 is 0 Å². The zero-order chi connectivity index (χ0) is 21.8. The standard InChI is InChI=1S/C24H23NO5S/c1-28-16-11-13-18(14-12-16)30-17-9-7-15(8-10-17)22(26)25-23-21(24(27)29-2)19-5-3-4-6-20(19)31-23/h7-14H,3-6H2,1-2H3,(H,25,26). The lowest BCUT2D eigenvalue weighted by Gasteiger charge is -2.12. The fourth-order valence-electron chi connectivity index (χ4n) is 3.60. The number of carbonyl (C=O) groups excluding carboxylic acids is 2. The van der Waals surface area contributed by atoms with Gasteiger partial charge in [0.15, 0.2) is 0 Å². The van der Waals surface area contributed by atoms with Crippen LogP contribution in [0, 0.1) is 0 Å². The Morgan fingerprint density at radius 2 is 1.48 bits per heavy atom. The summed E-state index contributed by atoms with van der Waals surface area (Å²) in [6, 6.07) is 14.1. The van der Waals surface area contributed by atoms with Gasteiger partial charge in [-0.15, -0.1) is 11.3 Å². The maximum Gasteiger partial charge on any atom is 0.341 e. The van der Waals surface area contributed by atoms with Crippen molar-refractivity contribution in [2.45, 2.75) is 25.7 Å². The molecule has 0 radical (unpaired) electrons. The summed E-state index contributed by atoms with van der Waals surface area (Å²) in [5.41, 5.74) is 1.99. The molecule has 2 aromatic carbocycles. The molecule has 0 fully saturated rings. The van der Waals surface area contributed by atoms with E-state index in [1.165, 1.54) is 18.4 Å². The number of anilines is 1. The van der Waals surface area contributed by atoms with Crippen LogP contribution >= 0.6 is 11.3 Å². The third kappa shape index (κ3) is 4.56. The molecular formula is C24H23NO5S. The first-order valence-corrected chi connectivity index (χ1v) is 10.9. The largest absolute Gasteiger partial charge is 0.497 e. The second-order valence-corrected chi connectivity index (χ2v) is 8.27. The van der Waals surface area contributed by atoms with Crippen LogP contribution in [0.2, 0.25) is 0 Å². The molecule has 1 N–H and O–H groups in total. The van der Waals surface area contributed by atoms with Crippen molar-refractivity contribution in [3.63, 3.8) is 0 Å². The summed E-state index contributed by atoms with van der Waals surface area (Å²) in [6.45, 7) is 0. The molecule has 0 atom stereocenters. The number of hydrogen-bond donors (Lipinski definition) is 1. The van der Waals surface area contributed by atoms with Crippen LogP contribution in [0.15, 0.2) is 48.5 Å². The predicted octanol–water partition coefficient (Wildman–Crippen LogP) is 5.47. The molecule has 1 heterocycles. The zero-order valence-electron chi connectivity index (χ0n) is 17.4. The molecule has 160 valence electrons. The maximum absolute atomic E-state index is 12.8. The van der Waals surface area contributed by atoms with Crippen molar-refractivity contribution in [2.75, 3.05) is 19.5 Å². The molecule has 4 rings (SSSR count). The molecule has 1 aliphatic rings. The van der Waals surface area contributed by atoms with E-state index in [2.05, 4.69) is 5.32 Å². The van der Waals surface area contributed by atoms with Gasteiger partial charge in [0.05, 0.1) is 19.8 Å². The molecule has 0 bridgehead atoms. The molecule has 0 aliphatic heterocycles. The first-order valence-electron chi connectivity index (χ1n) is 10.0. The number of hydrogen-bond acceptors (Lipinski definition) is 6. The molecule has 0 saturated carbocycles. The Morgan fingerprint density at radius 1 is 0.871 bits per heavy atom. The summed E-state index contributed by atoms with van der Waals surface area (Å²) in [6.07, 6.45) is 3.90. The minimum absolute atomic E-state index is 0.278. The molecule has 6 nitrogen and oxygen atoms in total. The van der Waals surface area contributed by atoms with Crippen LogP contribution in [0.5, 0.6) is 17.2 Å². The molecule has 0 saturated heterocycles. The highest BCUT2D eigenvalue weighted by atomic mass is 32.1. The molecule has 1 aromatic heterocycles. The van der Waals surface area contributed by atoms with Crippen molar-refractivity contribution in [2.24, 2.45) is 0 Å². The van der Waals surface area contributed by atoms with E-state index in [4.69, 9.17) is 14.2 Å². The van der Waals surface area contributed by atoms with Crippen LogP contribution in [0.4, 0.5) is 5.00 Å². The lowest BCUT2D eigenvalue weighted by molar-refractivity contribution is 0.0601. The number of carbonyl (C=O) groups is 2. The molecule has 0 spiro atoms. The summed E-state index contributed by atoms with van der Waals surface area (Å²) in [5, 5.41) is 3.46. The summed E-state index contributed by atoms with van der Waals surface area (Å²) in [7, 11) is 2.97. The molecule has 1 amide bonds. The van der Waals surface area contributed by atoms with E-state index in [-0.39, 0.29) is 5.91 Å². The minimum Gasteiger partial charge on any atom is -0.497 e. The lowest BCUT2D eigenvalue weighted by atomic mass is 9.95. The second kappa shape index (κ2) is 9.22. The van der Waals surface area contributed by atoms with Gasteiger partial charge in [-0.3, -0.25) is 4.79 Å². The third-order valence-corrected chi connectivity index (χ3v) is 6.41. The third-order valence-electron chi connectivity index (χ3n) is 5.20. The van der Waals surface area contributed by atoms with E-state index in [9.17, 15) is 9.59 Å². The van der Waals surface area contributed by atoms with Crippen LogP contribution in [-0.4, -0.2) is 26.1 Å². The Kier molecular flexibility index (Phi) is 6.23. The Labute approximate surface area is 184 Å². The van der Waals surface area contributed by atoms with Gasteiger partial charge in [-0.2, -0.15) is 0 Å². The Bertz CT molecular complexity index is 1090. The van der Waals surface area contributed by atoms with Gasteiger partial charge in [0, 0.05) is 10.4 Å². The second-order valence-electron chi connectivity index (χ2n) is 7.16. The summed E-state index contributed by atoms with van der Waals surface area (Å²) in [4.78, 5) is 26.3. The van der Waals surface area contributed by atoms with E-state index in [0.29, 0.717) is 27.6 Å². The van der Waals surface area contributed by atoms with Crippen molar-refractivity contribution in [3.05, 3.63) is 70.1 Å². The van der Waals surface area contributed by atoms with Gasteiger partial charge in [-0.25, -0.2) is 4.79 Å². The van der Waals surface area contributed by atoms with E-state index < -0.39 is 5.97 Å². The average molecular weight is 438 g/mol. The average Bonchev–Trinajstić information content (AvgIpc) is 3.17. The first kappa shape index (κ1) is 20.9. The minimum atomic E-state index is -0.405. The van der Waals surface area contributed by atoms with Crippen LogP contribution in [0.1, 0.15) is 44.0 Å². The van der Waals surface area contributed by atoms with Crippen molar-refractivity contribution < 1.29 is 23.8 Å². The number of esters is 1. The van der Waals surface area contributed by atoms with Gasteiger partial charge in [-0.05, 0) is 79.8 Å². The number of nitrogens with one attached hydrogen (secondary N) is 1. The van der Waals surface area contributed by atoms with Crippen LogP contribution in [0.25, 0.3) is 0 Å². The number of ether oxygens (including phenoxy) is 3. The van der Waals surface area contributed by atoms with E-state index in [0.717, 1.165) is 41.9 Å². The number of fused-ring (bicyclic) bond motifs is 1. The normalized spacial score (nSPS) is 12.6. The van der Waals surface area contributed by atoms with Gasteiger partial charge in [-0.1, -0.05) is 0 Å². The SMILES string of the molecule is COC(=O)c1c(NC(=O)c2ccc(Oc3ccc(OC)cc3)cc2)sc2c1CCCC2. The van der Waals surface area contributed by atoms with E-state index in [1.54, 1.807) is 31.4 Å². The number of rotatable bonds is 6. The molecule has 31 heavy (non-hydrogen) atoms. The lowest BCUT2D eigenvalue weighted by Crippen LogP contribution is -2.15. The van der Waals surface area contributed by atoms with Crippen molar-refractivity contribution in [3.8, 4) is 17.2 Å². The van der Waals surface area contributed by atoms with Crippen LogP contribution in [-0.2, 0) is 17.6 Å². The zero-order valence-corrected chi connectivity index (χ0v) is 18.2. The molecule has 1 aliphatic carbocycles. The van der Waals surface area contributed by atoms with Crippen molar-refractivity contribution in [1.29, 1.82) is 0 Å². The van der Waals surface area contributed by atoms with Crippen LogP contribution < -0.4 is 14.8 Å². The molecule has 7 heteroatoms. The van der Waals surface area contributed by atoms with Gasteiger partial charge in [0.2, 0.25) is 0 Å². The molecular weight excluding hydrogens is 414 g/mol. The highest BCUT2D eigenvalue weighted by molar-refractivity contribution is 7.17. The van der Waals surface area contributed by atoms with Gasteiger partial charge in [0.1, 0.15) is 22.2 Å². The summed E-state index contributed by atoms with van der Waals surface area (Å²) >= 11 is 1.47. The monoisotopic (exact) mass is 437 g/mol. The maximum atomic E-state index is 12.8. The Morgan fingerprint density at radius 3 is 2.13 bits per heavy atom. The van der Waals surface area contributed by atoms with Crippen molar-refractivity contribution >= 4 is 28.2 Å². The number of aryl methyl sites for hydroxylation is 1. The number of amides is 1. The molecule has 0 unspecified atom stereocenters. The quantitative estimate of drug-likeness (QED) is 0.518. The highest BCUT2D eigenvalue weighted by Crippen LogP contribution is 2.38. The van der Waals surface area contributed by atoms with Crippen molar-refractivity contribution in [1.82, 2.24) is 0 Å². The van der Waals surface area contributed by atoms with E-state index in [1.807, 2.05) is 24.3 Å². The van der Waals surface area contributed by atoms with Gasteiger partial charge < -0.3 is 19.5 Å². The van der Waals surface area contributed by atoms with Gasteiger partial charge >= 0.3 is 5.97 Å². The number of thiophene rings is 1. The fourth-order valence-corrected chi connectivity index (χ4v) is 4.87. The number of benzene rings is 2. The first-order chi connectivity index (χ1) is 15.1. The Hall–Kier alpha value is -3.32. The smallest absolute Gasteiger partial charge is 0.341 e. The van der Waals surface area contributed by atoms with Crippen LogP contribution in [0.3, 0.4) is 0 Å². The number of methoxy groups -OCH3 is 2. The van der Waals surface area contributed by atoms with Gasteiger partial charge in [0.25, 0.3) is 5.91 Å².